The molecule has 0 nitrogen and oxygen atoms in total. The summed E-state index contributed by atoms with van der Waals surface area (Å²) < 4.78 is 0. The van der Waals surface area contributed by atoms with Crippen LogP contribution in [0.3, 0.4) is 0 Å². The van der Waals surface area contributed by atoms with E-state index >= 15 is 0 Å². The molecule has 0 spiro atoms. The van der Waals surface area contributed by atoms with E-state index in [1.165, 1.54) is 19.3 Å². The van der Waals surface area contributed by atoms with Gasteiger partial charge in [-0.1, -0.05) is 0 Å². The first-order valence-corrected chi connectivity index (χ1v) is 6.32. The van der Waals surface area contributed by atoms with Crippen LogP contribution in [-0.4, -0.2) is 9.75 Å². The molecule has 0 N–H and O–H groups in total. The highest BCUT2D eigenvalue weighted by molar-refractivity contribution is 6.30. The van der Waals surface area contributed by atoms with E-state index < -0.39 is 0 Å². The predicted octanol–water partition coefficient (Wildman–Crippen LogP) is 2.88. The first kappa shape index (κ1) is 6.95. The van der Waals surface area contributed by atoms with Crippen LogP contribution in [0.25, 0.3) is 0 Å². The van der Waals surface area contributed by atoms with Crippen molar-refractivity contribution < 1.29 is 0 Å². The summed E-state index contributed by atoms with van der Waals surface area (Å²) in [7, 11) is 0. The van der Waals surface area contributed by atoms with Gasteiger partial charge in [-0.25, -0.2) is 0 Å². The third kappa shape index (κ3) is 0.473. The lowest BCUT2D eigenvalue weighted by atomic mass is 9.70. The van der Waals surface area contributed by atoms with E-state index in [2.05, 4.69) is 0 Å². The van der Waals surface area contributed by atoms with Crippen LogP contribution in [0.4, 0.5) is 0 Å². The van der Waals surface area contributed by atoms with Crippen LogP contribution in [-0.2, 0) is 0 Å². The van der Waals surface area contributed by atoms with Crippen molar-refractivity contribution in [3.05, 3.63) is 0 Å². The molecule has 6 rings (SSSR count). The Morgan fingerprint density at radius 3 is 1.08 bits per heavy atom. The van der Waals surface area contributed by atoms with E-state index in [9.17, 15) is 0 Å². The zero-order chi connectivity index (χ0) is 8.59. The van der Waals surface area contributed by atoms with Crippen LogP contribution >= 0.6 is 23.2 Å². The Morgan fingerprint density at radius 1 is 0.615 bits per heavy atom. The standard InChI is InChI=1S/C11H12Cl2/c12-10-4-1-5(4)11(13,7-2-6(7)10)9-3-8(9)10/h4-9H,1-3H2/t4-,5-,6-,7+,8-,9+,10?,11?/m1/s1. The summed E-state index contributed by atoms with van der Waals surface area (Å²) in [5.41, 5.74) is 0. The lowest BCUT2D eigenvalue weighted by molar-refractivity contribution is 0.175. The fourth-order valence-electron chi connectivity index (χ4n) is 5.17. The van der Waals surface area contributed by atoms with Crippen LogP contribution in [0.5, 0.6) is 0 Å². The Bertz CT molecular complexity index is 259. The van der Waals surface area contributed by atoms with Gasteiger partial charge in [-0.15, -0.1) is 23.2 Å². The second-order valence-electron chi connectivity index (χ2n) is 6.00. The van der Waals surface area contributed by atoms with Gasteiger partial charge in [0.05, 0.1) is 9.75 Å². The number of rotatable bonds is 0. The summed E-state index contributed by atoms with van der Waals surface area (Å²) in [6, 6.07) is 0. The summed E-state index contributed by atoms with van der Waals surface area (Å²) in [5.74, 6) is 4.91. The molecule has 0 aromatic rings. The molecule has 0 aromatic heterocycles. The van der Waals surface area contributed by atoms with E-state index in [0.29, 0.717) is 0 Å². The van der Waals surface area contributed by atoms with Crippen LogP contribution in [0.1, 0.15) is 19.3 Å². The van der Waals surface area contributed by atoms with Crippen molar-refractivity contribution in [2.45, 2.75) is 29.0 Å². The third-order valence-electron chi connectivity index (χ3n) is 5.78. The average Bonchev–Trinajstić information content (AvgIpc) is 3.00. The van der Waals surface area contributed by atoms with E-state index in [0.717, 1.165) is 35.5 Å². The van der Waals surface area contributed by atoms with Gasteiger partial charge in [-0.2, -0.15) is 0 Å². The van der Waals surface area contributed by atoms with Gasteiger partial charge < -0.3 is 0 Å². The minimum Gasteiger partial charge on any atom is -0.118 e. The molecule has 0 heterocycles. The molecule has 0 amide bonds. The maximum atomic E-state index is 6.88. The number of alkyl halides is 2. The topological polar surface area (TPSA) is 0 Å². The molecule has 0 unspecified atom stereocenters. The highest BCUT2D eigenvalue weighted by atomic mass is 35.5. The minimum absolute atomic E-state index is 0.247. The fourth-order valence-corrected chi connectivity index (χ4v) is 6.62. The second kappa shape index (κ2) is 1.50. The normalized spacial score (nSPS) is 85.4. The SMILES string of the molecule is ClC12[C@@H]3C[C@H]3C(Cl)([C@H]3C[C@H]31)[C@H]1C[C@H]12. The molecule has 2 heteroatoms. The molecule has 13 heavy (non-hydrogen) atoms. The Balaban J connectivity index is 1.81. The van der Waals surface area contributed by atoms with Gasteiger partial charge in [0, 0.05) is 0 Å². The largest absolute Gasteiger partial charge is 0.118 e. The smallest absolute Gasteiger partial charge is 0.0541 e. The first-order valence-electron chi connectivity index (χ1n) is 5.56. The van der Waals surface area contributed by atoms with E-state index in [1.54, 1.807) is 0 Å². The highest BCUT2D eigenvalue weighted by Gasteiger charge is 2.88. The van der Waals surface area contributed by atoms with Crippen LogP contribution < -0.4 is 0 Å². The Hall–Kier alpha value is 0.580. The third-order valence-corrected chi connectivity index (χ3v) is 7.46. The Kier molecular flexibility index (Phi) is 0.800. The van der Waals surface area contributed by atoms with Crippen molar-refractivity contribution in [1.82, 2.24) is 0 Å². The maximum Gasteiger partial charge on any atom is 0.0541 e. The molecular formula is C11H12Cl2. The van der Waals surface area contributed by atoms with Gasteiger partial charge in [0.2, 0.25) is 0 Å². The van der Waals surface area contributed by atoms with Crippen LogP contribution in [0.2, 0.25) is 0 Å². The van der Waals surface area contributed by atoms with Gasteiger partial charge in [-0.05, 0) is 54.8 Å². The zero-order valence-corrected chi connectivity index (χ0v) is 8.85. The van der Waals surface area contributed by atoms with Gasteiger partial charge in [0.1, 0.15) is 0 Å². The first-order chi connectivity index (χ1) is 6.18. The van der Waals surface area contributed by atoms with Gasteiger partial charge in [0.25, 0.3) is 0 Å². The quantitative estimate of drug-likeness (QED) is 0.545. The average molecular weight is 215 g/mol. The molecule has 70 valence electrons. The Morgan fingerprint density at radius 2 is 0.846 bits per heavy atom. The van der Waals surface area contributed by atoms with Crippen molar-refractivity contribution in [3.8, 4) is 0 Å². The number of halogens is 2. The molecule has 6 fully saturated rings. The molecule has 0 aromatic carbocycles. The lowest BCUT2D eigenvalue weighted by Gasteiger charge is -2.46. The van der Waals surface area contributed by atoms with Crippen molar-refractivity contribution in [3.63, 3.8) is 0 Å². The number of hydrogen-bond acceptors (Lipinski definition) is 0. The number of hydrogen-bond donors (Lipinski definition) is 0. The molecule has 0 aliphatic heterocycles. The van der Waals surface area contributed by atoms with Crippen LogP contribution in [0.15, 0.2) is 0 Å². The summed E-state index contributed by atoms with van der Waals surface area (Å²) in [5, 5.41) is 0. The second-order valence-corrected chi connectivity index (χ2v) is 7.31. The van der Waals surface area contributed by atoms with Gasteiger partial charge in [0.15, 0.2) is 0 Å². The maximum absolute atomic E-state index is 6.88. The van der Waals surface area contributed by atoms with E-state index in [-0.39, 0.29) is 9.75 Å². The van der Waals surface area contributed by atoms with Gasteiger partial charge >= 0.3 is 0 Å². The minimum atomic E-state index is 0.247. The lowest BCUT2D eigenvalue weighted by Crippen LogP contribution is -2.51. The van der Waals surface area contributed by atoms with Crippen LogP contribution in [0, 0.1) is 35.5 Å². The molecule has 0 saturated heterocycles. The molecular weight excluding hydrogens is 203 g/mol. The van der Waals surface area contributed by atoms with Crippen molar-refractivity contribution in [1.29, 1.82) is 0 Å². The summed E-state index contributed by atoms with van der Waals surface area (Å²) in [6.45, 7) is 0. The van der Waals surface area contributed by atoms with Crippen molar-refractivity contribution in [2.24, 2.45) is 35.5 Å². The summed E-state index contributed by atoms with van der Waals surface area (Å²) >= 11 is 13.8. The zero-order valence-electron chi connectivity index (χ0n) is 7.34. The van der Waals surface area contributed by atoms with Gasteiger partial charge in [-0.3, -0.25) is 0 Å². The predicted molar refractivity (Wildman–Crippen MR) is 52.0 cm³/mol. The fraction of sp³-hybridized carbons (Fsp3) is 1.00. The molecule has 6 atom stereocenters. The van der Waals surface area contributed by atoms with Crippen molar-refractivity contribution in [2.75, 3.05) is 0 Å². The molecule has 6 aliphatic rings. The van der Waals surface area contributed by atoms with E-state index in [1.807, 2.05) is 0 Å². The molecule has 0 radical (unpaired) electrons. The highest BCUT2D eigenvalue weighted by Crippen LogP contribution is 2.88. The monoisotopic (exact) mass is 214 g/mol. The molecule has 6 aliphatic carbocycles. The Labute approximate surface area is 88.0 Å². The summed E-state index contributed by atoms with van der Waals surface area (Å²) in [4.78, 5) is 0.493. The molecule has 6 saturated carbocycles. The van der Waals surface area contributed by atoms with E-state index in [4.69, 9.17) is 23.2 Å². The summed E-state index contributed by atoms with van der Waals surface area (Å²) in [6.07, 6.45) is 4.06. The molecule has 2 bridgehead atoms. The van der Waals surface area contributed by atoms with Crippen molar-refractivity contribution >= 4 is 23.2 Å².